The first-order valence-electron chi connectivity index (χ1n) is 8.40. The van der Waals surface area contributed by atoms with E-state index in [1.807, 2.05) is 0 Å². The van der Waals surface area contributed by atoms with E-state index in [2.05, 4.69) is 38.1 Å². The molecule has 0 saturated carbocycles. The maximum Gasteiger partial charge on any atom is -0.0133 e. The summed E-state index contributed by atoms with van der Waals surface area (Å²) in [4.78, 5) is 0. The van der Waals surface area contributed by atoms with Gasteiger partial charge in [0.15, 0.2) is 0 Å². The van der Waals surface area contributed by atoms with Crippen molar-refractivity contribution in [1.82, 2.24) is 0 Å². The second kappa shape index (κ2) is 7.72. The molecule has 0 radical (unpaired) electrons. The third-order valence-electron chi connectivity index (χ3n) is 4.87. The number of fused-ring (bicyclic) bond motifs is 1. The fourth-order valence-corrected chi connectivity index (χ4v) is 3.65. The smallest absolute Gasteiger partial charge is 0.0133 e. The minimum atomic E-state index is 0.830. The molecule has 2 unspecified atom stereocenters. The Morgan fingerprint density at radius 1 is 1.11 bits per heavy atom. The Morgan fingerprint density at radius 2 is 1.89 bits per heavy atom. The van der Waals surface area contributed by atoms with E-state index in [1.165, 1.54) is 57.8 Å². The van der Waals surface area contributed by atoms with E-state index >= 15 is 0 Å². The first-order chi connectivity index (χ1) is 9.33. The second-order valence-corrected chi connectivity index (χ2v) is 6.38. The third kappa shape index (κ3) is 4.09. The highest BCUT2D eigenvalue weighted by molar-refractivity contribution is 5.32. The minimum absolute atomic E-state index is 0.830. The monoisotopic (exact) mass is 258 g/mol. The molecular weight excluding hydrogens is 228 g/mol. The molecular formula is C19H30. The van der Waals surface area contributed by atoms with Crippen LogP contribution in [0.1, 0.15) is 82.3 Å². The molecule has 0 fully saturated rings. The van der Waals surface area contributed by atoms with Gasteiger partial charge in [0.2, 0.25) is 0 Å². The van der Waals surface area contributed by atoms with Crippen molar-refractivity contribution in [2.24, 2.45) is 5.92 Å². The Labute approximate surface area is 119 Å². The summed E-state index contributed by atoms with van der Waals surface area (Å²) in [5, 5.41) is 0. The Morgan fingerprint density at radius 3 is 2.74 bits per heavy atom. The largest absolute Gasteiger partial charge is 0.0654 e. The molecule has 0 heterocycles. The maximum absolute atomic E-state index is 2.48. The predicted octanol–water partition coefficient (Wildman–Crippen LogP) is 6.10. The van der Waals surface area contributed by atoms with Crippen LogP contribution in [-0.4, -0.2) is 0 Å². The molecule has 1 aromatic rings. The van der Waals surface area contributed by atoms with Crippen LogP contribution >= 0.6 is 0 Å². The molecule has 1 aliphatic rings. The molecule has 0 bridgehead atoms. The van der Waals surface area contributed by atoms with Gasteiger partial charge in [-0.2, -0.15) is 0 Å². The van der Waals surface area contributed by atoms with Crippen molar-refractivity contribution in [1.29, 1.82) is 0 Å². The van der Waals surface area contributed by atoms with Crippen LogP contribution in [0.3, 0.4) is 0 Å². The summed E-state index contributed by atoms with van der Waals surface area (Å²) in [7, 11) is 0. The van der Waals surface area contributed by atoms with Crippen LogP contribution < -0.4 is 0 Å². The van der Waals surface area contributed by atoms with E-state index in [0.29, 0.717) is 0 Å². The standard InChI is InChI=1S/C19H30/c1-3-4-5-6-7-11-16(2)18-15-10-13-17-12-8-9-14-19(17)18/h8-9,12,14,16,18H,3-7,10-11,13,15H2,1-2H3. The SMILES string of the molecule is CCCCCCCC(C)C1CCCc2ccccc21. The van der Waals surface area contributed by atoms with Gasteiger partial charge in [-0.05, 0) is 42.2 Å². The van der Waals surface area contributed by atoms with Crippen molar-refractivity contribution in [2.75, 3.05) is 0 Å². The van der Waals surface area contributed by atoms with Crippen LogP contribution in [0.25, 0.3) is 0 Å². The lowest BCUT2D eigenvalue weighted by Crippen LogP contribution is -2.16. The van der Waals surface area contributed by atoms with Gasteiger partial charge in [-0.3, -0.25) is 0 Å². The van der Waals surface area contributed by atoms with Gasteiger partial charge in [-0.1, -0.05) is 76.6 Å². The molecule has 0 aromatic heterocycles. The summed E-state index contributed by atoms with van der Waals surface area (Å²) < 4.78 is 0. The van der Waals surface area contributed by atoms with Crippen LogP contribution in [0.5, 0.6) is 0 Å². The molecule has 106 valence electrons. The van der Waals surface area contributed by atoms with Crippen molar-refractivity contribution >= 4 is 0 Å². The molecule has 0 spiro atoms. The molecule has 1 aromatic carbocycles. The Hall–Kier alpha value is -0.780. The summed E-state index contributed by atoms with van der Waals surface area (Å²) in [6.45, 7) is 4.77. The number of aryl methyl sites for hydroxylation is 1. The van der Waals surface area contributed by atoms with E-state index in [-0.39, 0.29) is 0 Å². The predicted molar refractivity (Wildman–Crippen MR) is 84.7 cm³/mol. The normalized spacial score (nSPS) is 20.0. The van der Waals surface area contributed by atoms with Crippen molar-refractivity contribution < 1.29 is 0 Å². The number of benzene rings is 1. The van der Waals surface area contributed by atoms with Crippen LogP contribution in [0.4, 0.5) is 0 Å². The Bertz CT molecular complexity index is 366. The highest BCUT2D eigenvalue weighted by Crippen LogP contribution is 2.38. The minimum Gasteiger partial charge on any atom is -0.0654 e. The quantitative estimate of drug-likeness (QED) is 0.518. The number of unbranched alkanes of at least 4 members (excludes halogenated alkanes) is 4. The topological polar surface area (TPSA) is 0 Å². The zero-order valence-electron chi connectivity index (χ0n) is 12.8. The highest BCUT2D eigenvalue weighted by Gasteiger charge is 2.24. The zero-order valence-corrected chi connectivity index (χ0v) is 12.8. The van der Waals surface area contributed by atoms with Gasteiger partial charge >= 0.3 is 0 Å². The average molecular weight is 258 g/mol. The third-order valence-corrected chi connectivity index (χ3v) is 4.87. The van der Waals surface area contributed by atoms with Crippen molar-refractivity contribution in [3.63, 3.8) is 0 Å². The fraction of sp³-hybridized carbons (Fsp3) is 0.684. The van der Waals surface area contributed by atoms with Gasteiger partial charge in [-0.25, -0.2) is 0 Å². The van der Waals surface area contributed by atoms with Crippen molar-refractivity contribution in [3.8, 4) is 0 Å². The summed E-state index contributed by atoms with van der Waals surface area (Å²) in [5.74, 6) is 1.69. The van der Waals surface area contributed by atoms with Crippen LogP contribution in [0, 0.1) is 5.92 Å². The highest BCUT2D eigenvalue weighted by atomic mass is 14.3. The van der Waals surface area contributed by atoms with Crippen LogP contribution in [0.2, 0.25) is 0 Å². The van der Waals surface area contributed by atoms with E-state index < -0.39 is 0 Å². The first kappa shape index (κ1) is 14.6. The number of hydrogen-bond donors (Lipinski definition) is 0. The van der Waals surface area contributed by atoms with Gasteiger partial charge in [-0.15, -0.1) is 0 Å². The van der Waals surface area contributed by atoms with Gasteiger partial charge in [0.05, 0.1) is 0 Å². The number of rotatable bonds is 7. The molecule has 0 nitrogen and oxygen atoms in total. The lowest BCUT2D eigenvalue weighted by molar-refractivity contribution is 0.370. The van der Waals surface area contributed by atoms with Crippen molar-refractivity contribution in [3.05, 3.63) is 35.4 Å². The zero-order chi connectivity index (χ0) is 13.5. The summed E-state index contributed by atoms with van der Waals surface area (Å²) >= 11 is 0. The second-order valence-electron chi connectivity index (χ2n) is 6.38. The summed E-state index contributed by atoms with van der Waals surface area (Å²) in [6, 6.07) is 9.16. The Kier molecular flexibility index (Phi) is 5.94. The van der Waals surface area contributed by atoms with Crippen LogP contribution in [-0.2, 0) is 6.42 Å². The summed E-state index contributed by atoms with van der Waals surface area (Å²) in [5.41, 5.74) is 3.28. The Balaban J connectivity index is 1.84. The molecule has 0 heteroatoms. The molecule has 2 rings (SSSR count). The van der Waals surface area contributed by atoms with E-state index in [0.717, 1.165) is 11.8 Å². The van der Waals surface area contributed by atoms with Crippen molar-refractivity contribution in [2.45, 2.75) is 77.6 Å². The van der Waals surface area contributed by atoms with Crippen LogP contribution in [0.15, 0.2) is 24.3 Å². The maximum atomic E-state index is 2.48. The lowest BCUT2D eigenvalue weighted by atomic mass is 9.75. The summed E-state index contributed by atoms with van der Waals surface area (Å²) in [6.07, 6.45) is 12.6. The molecule has 19 heavy (non-hydrogen) atoms. The number of hydrogen-bond acceptors (Lipinski definition) is 0. The van der Waals surface area contributed by atoms with E-state index in [4.69, 9.17) is 0 Å². The van der Waals surface area contributed by atoms with E-state index in [1.54, 1.807) is 11.1 Å². The van der Waals surface area contributed by atoms with Gasteiger partial charge < -0.3 is 0 Å². The van der Waals surface area contributed by atoms with Gasteiger partial charge in [0, 0.05) is 0 Å². The van der Waals surface area contributed by atoms with Gasteiger partial charge in [0.1, 0.15) is 0 Å². The van der Waals surface area contributed by atoms with Gasteiger partial charge in [0.25, 0.3) is 0 Å². The average Bonchev–Trinajstić information content (AvgIpc) is 2.46. The lowest BCUT2D eigenvalue weighted by Gasteiger charge is -2.30. The molecule has 0 N–H and O–H groups in total. The molecule has 0 aliphatic heterocycles. The van der Waals surface area contributed by atoms with E-state index in [9.17, 15) is 0 Å². The molecule has 2 atom stereocenters. The first-order valence-corrected chi connectivity index (χ1v) is 8.40. The molecule has 1 aliphatic carbocycles. The molecule has 0 amide bonds. The molecule has 0 saturated heterocycles. The fourth-order valence-electron chi connectivity index (χ4n) is 3.65.